The van der Waals surface area contributed by atoms with Crippen molar-refractivity contribution >= 4 is 5.91 Å². The molecule has 2 heterocycles. The number of fused-ring (bicyclic) bond motifs is 1. The Morgan fingerprint density at radius 3 is 2.63 bits per heavy atom. The number of morpholine rings is 1. The van der Waals surface area contributed by atoms with Crippen LogP contribution in [0.4, 0.5) is 0 Å². The van der Waals surface area contributed by atoms with Crippen molar-refractivity contribution in [2.24, 2.45) is 0 Å². The Hall–Kier alpha value is -2.44. The molecule has 6 nitrogen and oxygen atoms in total. The van der Waals surface area contributed by atoms with Crippen LogP contribution < -0.4 is 10.9 Å². The molecule has 4 rings (SSSR count). The van der Waals surface area contributed by atoms with E-state index in [2.05, 4.69) is 28.4 Å². The van der Waals surface area contributed by atoms with E-state index < -0.39 is 0 Å². The van der Waals surface area contributed by atoms with Crippen LogP contribution in [0.3, 0.4) is 0 Å². The Bertz CT molecular complexity index is 961. The fraction of sp³-hybridized carbons (Fsp3) is 0.500. The predicted octanol–water partition coefficient (Wildman–Crippen LogP) is 2.30. The first-order valence-electron chi connectivity index (χ1n) is 11.0. The van der Waals surface area contributed by atoms with Crippen LogP contribution in [0.5, 0.6) is 0 Å². The lowest BCUT2D eigenvalue weighted by Crippen LogP contribution is -2.40. The number of hydrogen-bond donors (Lipinski definition) is 1. The van der Waals surface area contributed by atoms with Crippen molar-refractivity contribution in [3.63, 3.8) is 0 Å². The normalized spacial score (nSPS) is 16.8. The van der Waals surface area contributed by atoms with Gasteiger partial charge in [0.1, 0.15) is 5.56 Å². The minimum Gasteiger partial charge on any atom is -0.379 e. The van der Waals surface area contributed by atoms with Crippen molar-refractivity contribution in [2.45, 2.75) is 45.7 Å². The standard InChI is InChI=1S/C24H31N3O3/c1-18-8-9-27(11-10-26-12-14-30-15-13-26)24(29)22(18)23(28)25-17-19-6-7-20-4-2-3-5-21(20)16-19/h6-9,16H,2-5,10-15,17H2,1H3,(H,25,28). The lowest BCUT2D eigenvalue weighted by molar-refractivity contribution is 0.0362. The number of carbonyl (C=O) groups is 1. The van der Waals surface area contributed by atoms with E-state index in [0.717, 1.165) is 51.3 Å². The number of aromatic nitrogens is 1. The highest BCUT2D eigenvalue weighted by molar-refractivity contribution is 5.95. The second-order valence-corrected chi connectivity index (χ2v) is 8.32. The zero-order chi connectivity index (χ0) is 20.9. The lowest BCUT2D eigenvalue weighted by atomic mass is 9.90. The van der Waals surface area contributed by atoms with Gasteiger partial charge in [-0.1, -0.05) is 18.2 Å². The van der Waals surface area contributed by atoms with E-state index >= 15 is 0 Å². The number of ether oxygens (including phenoxy) is 1. The summed E-state index contributed by atoms with van der Waals surface area (Å²) in [7, 11) is 0. The highest BCUT2D eigenvalue weighted by Gasteiger charge is 2.17. The molecule has 1 aromatic carbocycles. The van der Waals surface area contributed by atoms with Gasteiger partial charge in [-0.05, 0) is 60.9 Å². The maximum Gasteiger partial charge on any atom is 0.263 e. The molecule has 2 aromatic rings. The van der Waals surface area contributed by atoms with Crippen LogP contribution in [-0.4, -0.2) is 48.2 Å². The van der Waals surface area contributed by atoms with E-state index in [1.165, 1.54) is 24.0 Å². The molecule has 0 radical (unpaired) electrons. The number of nitrogens with zero attached hydrogens (tertiary/aromatic N) is 2. The molecular weight excluding hydrogens is 378 g/mol. The van der Waals surface area contributed by atoms with Crippen molar-refractivity contribution < 1.29 is 9.53 Å². The molecule has 0 unspecified atom stereocenters. The average Bonchev–Trinajstić information content (AvgIpc) is 2.78. The Kier molecular flexibility index (Phi) is 6.65. The molecule has 1 aliphatic heterocycles. The summed E-state index contributed by atoms with van der Waals surface area (Å²) < 4.78 is 7.02. The van der Waals surface area contributed by atoms with Crippen LogP contribution in [0.25, 0.3) is 0 Å². The largest absolute Gasteiger partial charge is 0.379 e. The topological polar surface area (TPSA) is 63.6 Å². The summed E-state index contributed by atoms with van der Waals surface area (Å²) in [6, 6.07) is 8.33. The summed E-state index contributed by atoms with van der Waals surface area (Å²) in [6.07, 6.45) is 6.54. The third kappa shape index (κ3) is 4.82. The Morgan fingerprint density at radius 1 is 1.07 bits per heavy atom. The molecule has 0 spiro atoms. The summed E-state index contributed by atoms with van der Waals surface area (Å²) in [5, 5.41) is 2.96. The van der Waals surface area contributed by atoms with Gasteiger partial charge in [-0.2, -0.15) is 0 Å². The van der Waals surface area contributed by atoms with Gasteiger partial charge < -0.3 is 14.6 Å². The smallest absolute Gasteiger partial charge is 0.263 e. The fourth-order valence-electron chi connectivity index (χ4n) is 4.36. The second-order valence-electron chi connectivity index (χ2n) is 8.32. The summed E-state index contributed by atoms with van der Waals surface area (Å²) in [4.78, 5) is 28.1. The van der Waals surface area contributed by atoms with E-state index in [9.17, 15) is 9.59 Å². The Labute approximate surface area is 177 Å². The monoisotopic (exact) mass is 409 g/mol. The molecule has 160 valence electrons. The quantitative estimate of drug-likeness (QED) is 0.795. The molecule has 1 N–H and O–H groups in total. The van der Waals surface area contributed by atoms with Crippen LogP contribution >= 0.6 is 0 Å². The van der Waals surface area contributed by atoms with Crippen LogP contribution in [0.2, 0.25) is 0 Å². The van der Waals surface area contributed by atoms with Crippen molar-refractivity contribution in [1.82, 2.24) is 14.8 Å². The zero-order valence-corrected chi connectivity index (χ0v) is 17.8. The molecule has 2 aliphatic rings. The molecule has 30 heavy (non-hydrogen) atoms. The van der Waals surface area contributed by atoms with Crippen LogP contribution in [0.1, 0.15) is 45.5 Å². The van der Waals surface area contributed by atoms with Crippen molar-refractivity contribution in [3.8, 4) is 0 Å². The SMILES string of the molecule is Cc1ccn(CCN2CCOCC2)c(=O)c1C(=O)NCc1ccc2c(c1)CCCC2. The number of pyridine rings is 1. The molecule has 0 saturated carbocycles. The van der Waals surface area contributed by atoms with E-state index in [1.54, 1.807) is 10.8 Å². The van der Waals surface area contributed by atoms with Gasteiger partial charge in [0.05, 0.1) is 13.2 Å². The van der Waals surface area contributed by atoms with Crippen LogP contribution in [0.15, 0.2) is 35.3 Å². The van der Waals surface area contributed by atoms with Crippen molar-refractivity contribution in [3.05, 3.63) is 68.6 Å². The summed E-state index contributed by atoms with van der Waals surface area (Å²) in [5.41, 5.74) is 4.66. The van der Waals surface area contributed by atoms with Gasteiger partial charge in [-0.15, -0.1) is 0 Å². The number of aryl methyl sites for hydroxylation is 3. The van der Waals surface area contributed by atoms with Gasteiger partial charge in [-0.3, -0.25) is 14.5 Å². The number of benzene rings is 1. The first-order valence-corrected chi connectivity index (χ1v) is 11.0. The van der Waals surface area contributed by atoms with E-state index in [0.29, 0.717) is 18.7 Å². The van der Waals surface area contributed by atoms with Crippen molar-refractivity contribution in [2.75, 3.05) is 32.8 Å². The number of carbonyl (C=O) groups excluding carboxylic acids is 1. The average molecular weight is 410 g/mol. The van der Waals surface area contributed by atoms with Gasteiger partial charge in [0.15, 0.2) is 0 Å². The van der Waals surface area contributed by atoms with E-state index in [1.807, 2.05) is 13.0 Å². The molecular formula is C24H31N3O3. The second kappa shape index (κ2) is 9.58. The van der Waals surface area contributed by atoms with Gasteiger partial charge in [-0.25, -0.2) is 0 Å². The zero-order valence-electron chi connectivity index (χ0n) is 17.8. The van der Waals surface area contributed by atoms with E-state index in [4.69, 9.17) is 4.74 Å². The minimum absolute atomic E-state index is 0.216. The number of hydrogen-bond acceptors (Lipinski definition) is 4. The maximum atomic E-state index is 13.0. The maximum absolute atomic E-state index is 13.0. The molecule has 0 atom stereocenters. The predicted molar refractivity (Wildman–Crippen MR) is 117 cm³/mol. The number of rotatable bonds is 6. The van der Waals surface area contributed by atoms with Gasteiger partial charge in [0, 0.05) is 38.9 Å². The summed E-state index contributed by atoms with van der Waals surface area (Å²) in [5.74, 6) is -0.295. The van der Waals surface area contributed by atoms with E-state index in [-0.39, 0.29) is 17.0 Å². The van der Waals surface area contributed by atoms with Gasteiger partial charge in [0.25, 0.3) is 11.5 Å². The highest BCUT2D eigenvalue weighted by atomic mass is 16.5. The minimum atomic E-state index is -0.295. The summed E-state index contributed by atoms with van der Waals surface area (Å²) in [6.45, 7) is 6.85. The number of amides is 1. The van der Waals surface area contributed by atoms with Gasteiger partial charge in [0.2, 0.25) is 0 Å². The first-order chi connectivity index (χ1) is 14.6. The van der Waals surface area contributed by atoms with Gasteiger partial charge >= 0.3 is 0 Å². The molecule has 1 amide bonds. The van der Waals surface area contributed by atoms with Crippen LogP contribution in [-0.2, 0) is 30.7 Å². The van der Waals surface area contributed by atoms with Crippen LogP contribution in [0, 0.1) is 6.92 Å². The van der Waals surface area contributed by atoms with Crippen molar-refractivity contribution in [1.29, 1.82) is 0 Å². The Balaban J connectivity index is 1.42. The molecule has 1 saturated heterocycles. The highest BCUT2D eigenvalue weighted by Crippen LogP contribution is 2.22. The molecule has 1 aliphatic carbocycles. The third-order valence-electron chi connectivity index (χ3n) is 6.23. The fourth-order valence-corrected chi connectivity index (χ4v) is 4.36. The Morgan fingerprint density at radius 2 is 1.83 bits per heavy atom. The third-order valence-corrected chi connectivity index (χ3v) is 6.23. The molecule has 1 fully saturated rings. The molecule has 6 heteroatoms. The number of nitrogens with one attached hydrogen (secondary N) is 1. The lowest BCUT2D eigenvalue weighted by Gasteiger charge is -2.26. The first kappa shape index (κ1) is 20.8. The molecule has 1 aromatic heterocycles. The molecule has 0 bridgehead atoms. The summed E-state index contributed by atoms with van der Waals surface area (Å²) >= 11 is 0.